The predicted octanol–water partition coefficient (Wildman–Crippen LogP) is 2.47. The van der Waals surface area contributed by atoms with Gasteiger partial charge < -0.3 is 15.3 Å². The smallest absolute Gasteiger partial charge is 0.317 e. The number of amides is 2. The fourth-order valence-corrected chi connectivity index (χ4v) is 3.55. The normalized spacial score (nSPS) is 17.0. The second kappa shape index (κ2) is 7.44. The number of hydrogen-bond donors (Lipinski definition) is 2. The number of nitrogens with one attached hydrogen (secondary N) is 1. The summed E-state index contributed by atoms with van der Waals surface area (Å²) >= 11 is 1.59. The second-order valence-electron chi connectivity index (χ2n) is 5.76. The molecule has 1 unspecified atom stereocenters. The van der Waals surface area contributed by atoms with Crippen LogP contribution in [0.25, 0.3) is 10.6 Å². The SMILES string of the molecule is O=C(O)C1CCN(C(=O)NCCc2csc(-c3ccccc3)n2)C1. The summed E-state index contributed by atoms with van der Waals surface area (Å²) in [6.07, 6.45) is 1.18. The van der Waals surface area contributed by atoms with Gasteiger partial charge in [0.2, 0.25) is 0 Å². The van der Waals surface area contributed by atoms with E-state index in [0.717, 1.165) is 16.3 Å². The third-order valence-corrected chi connectivity index (χ3v) is 4.99. The van der Waals surface area contributed by atoms with Gasteiger partial charge in [-0.15, -0.1) is 11.3 Å². The lowest BCUT2D eigenvalue weighted by molar-refractivity contribution is -0.141. The first kappa shape index (κ1) is 16.4. The lowest BCUT2D eigenvalue weighted by Crippen LogP contribution is -2.39. The monoisotopic (exact) mass is 345 g/mol. The highest BCUT2D eigenvalue weighted by molar-refractivity contribution is 7.13. The lowest BCUT2D eigenvalue weighted by Gasteiger charge is -2.16. The second-order valence-corrected chi connectivity index (χ2v) is 6.62. The van der Waals surface area contributed by atoms with E-state index in [-0.39, 0.29) is 12.6 Å². The molecule has 0 spiro atoms. The number of thiazole rings is 1. The zero-order chi connectivity index (χ0) is 16.9. The third-order valence-electron chi connectivity index (χ3n) is 4.05. The number of likely N-dealkylation sites (tertiary alicyclic amines) is 1. The van der Waals surface area contributed by atoms with Crippen LogP contribution in [0.4, 0.5) is 4.79 Å². The van der Waals surface area contributed by atoms with E-state index >= 15 is 0 Å². The van der Waals surface area contributed by atoms with E-state index in [0.29, 0.717) is 25.9 Å². The van der Waals surface area contributed by atoms with Crippen LogP contribution in [0, 0.1) is 5.92 Å². The molecule has 0 bridgehead atoms. The number of carbonyl (C=O) groups is 2. The molecule has 2 heterocycles. The van der Waals surface area contributed by atoms with Gasteiger partial charge >= 0.3 is 12.0 Å². The first-order valence-electron chi connectivity index (χ1n) is 7.89. The van der Waals surface area contributed by atoms with Gasteiger partial charge in [0, 0.05) is 37.0 Å². The predicted molar refractivity (Wildman–Crippen MR) is 92.0 cm³/mol. The van der Waals surface area contributed by atoms with E-state index in [4.69, 9.17) is 5.11 Å². The van der Waals surface area contributed by atoms with Gasteiger partial charge in [0.25, 0.3) is 0 Å². The van der Waals surface area contributed by atoms with E-state index in [1.807, 2.05) is 35.7 Å². The zero-order valence-electron chi connectivity index (χ0n) is 13.1. The van der Waals surface area contributed by atoms with Crippen LogP contribution in [0.15, 0.2) is 35.7 Å². The van der Waals surface area contributed by atoms with Gasteiger partial charge in [0.1, 0.15) is 5.01 Å². The van der Waals surface area contributed by atoms with E-state index in [1.54, 1.807) is 16.2 Å². The molecule has 2 N–H and O–H groups in total. The fraction of sp³-hybridized carbons (Fsp3) is 0.353. The van der Waals surface area contributed by atoms with Crippen molar-refractivity contribution >= 4 is 23.3 Å². The Morgan fingerprint density at radius 2 is 2.12 bits per heavy atom. The number of urea groups is 1. The summed E-state index contributed by atoms with van der Waals surface area (Å²) in [4.78, 5) is 29.1. The molecule has 6 nitrogen and oxygen atoms in total. The van der Waals surface area contributed by atoms with E-state index in [9.17, 15) is 9.59 Å². The van der Waals surface area contributed by atoms with Crippen molar-refractivity contribution in [2.45, 2.75) is 12.8 Å². The Bertz CT molecular complexity index is 717. The van der Waals surface area contributed by atoms with E-state index < -0.39 is 11.9 Å². The van der Waals surface area contributed by atoms with Crippen molar-refractivity contribution in [3.8, 4) is 10.6 Å². The van der Waals surface area contributed by atoms with Crippen LogP contribution in [0.5, 0.6) is 0 Å². The van der Waals surface area contributed by atoms with Gasteiger partial charge in [-0.1, -0.05) is 30.3 Å². The van der Waals surface area contributed by atoms with Crippen molar-refractivity contribution in [1.82, 2.24) is 15.2 Å². The van der Waals surface area contributed by atoms with Crippen molar-refractivity contribution in [1.29, 1.82) is 0 Å². The van der Waals surface area contributed by atoms with Gasteiger partial charge in [-0.05, 0) is 6.42 Å². The average molecular weight is 345 g/mol. The van der Waals surface area contributed by atoms with Crippen molar-refractivity contribution in [3.63, 3.8) is 0 Å². The molecule has 1 atom stereocenters. The number of hydrogen-bond acceptors (Lipinski definition) is 4. The molecule has 2 amide bonds. The molecular formula is C17H19N3O3S. The minimum absolute atomic E-state index is 0.197. The maximum absolute atomic E-state index is 12.0. The highest BCUT2D eigenvalue weighted by atomic mass is 32.1. The first-order valence-corrected chi connectivity index (χ1v) is 8.77. The van der Waals surface area contributed by atoms with Gasteiger partial charge in [0.15, 0.2) is 0 Å². The Kier molecular flexibility index (Phi) is 5.10. The molecule has 1 aliphatic heterocycles. The maximum atomic E-state index is 12.0. The van der Waals surface area contributed by atoms with Crippen molar-refractivity contribution in [2.24, 2.45) is 5.92 Å². The molecular weight excluding hydrogens is 326 g/mol. The molecule has 24 heavy (non-hydrogen) atoms. The van der Waals surface area contributed by atoms with Crippen molar-refractivity contribution in [2.75, 3.05) is 19.6 Å². The number of aromatic nitrogens is 1. The molecule has 1 aliphatic rings. The molecule has 0 aliphatic carbocycles. The summed E-state index contributed by atoms with van der Waals surface area (Å²) in [5.74, 6) is -1.27. The summed E-state index contributed by atoms with van der Waals surface area (Å²) < 4.78 is 0. The van der Waals surface area contributed by atoms with Crippen LogP contribution in [0.3, 0.4) is 0 Å². The lowest BCUT2D eigenvalue weighted by atomic mass is 10.1. The Morgan fingerprint density at radius 3 is 2.83 bits per heavy atom. The highest BCUT2D eigenvalue weighted by Crippen LogP contribution is 2.23. The van der Waals surface area contributed by atoms with Gasteiger partial charge in [-0.2, -0.15) is 0 Å². The number of carboxylic acids is 1. The Labute approximate surface area is 144 Å². The number of carboxylic acid groups (broad SMARTS) is 1. The molecule has 7 heteroatoms. The van der Waals surface area contributed by atoms with Crippen LogP contribution >= 0.6 is 11.3 Å². The van der Waals surface area contributed by atoms with Crippen molar-refractivity contribution < 1.29 is 14.7 Å². The summed E-state index contributed by atoms with van der Waals surface area (Å²) in [5.41, 5.74) is 2.04. The number of rotatable bonds is 5. The van der Waals surface area contributed by atoms with Crippen LogP contribution in [0.2, 0.25) is 0 Å². The number of benzene rings is 1. The summed E-state index contributed by atoms with van der Waals surface area (Å²) in [6.45, 7) is 1.28. The average Bonchev–Trinajstić information content (AvgIpc) is 3.25. The Morgan fingerprint density at radius 1 is 1.33 bits per heavy atom. The molecule has 126 valence electrons. The molecule has 1 fully saturated rings. The van der Waals surface area contributed by atoms with Gasteiger partial charge in [-0.25, -0.2) is 9.78 Å². The summed E-state index contributed by atoms with van der Waals surface area (Å²) in [5, 5.41) is 14.8. The zero-order valence-corrected chi connectivity index (χ0v) is 14.0. The van der Waals surface area contributed by atoms with Crippen molar-refractivity contribution in [3.05, 3.63) is 41.4 Å². The van der Waals surface area contributed by atoms with Crippen LogP contribution in [0.1, 0.15) is 12.1 Å². The largest absolute Gasteiger partial charge is 0.481 e. The van der Waals surface area contributed by atoms with E-state index in [2.05, 4.69) is 10.3 Å². The number of aliphatic carboxylic acids is 1. The molecule has 2 aromatic rings. The first-order chi connectivity index (χ1) is 11.6. The molecule has 1 aromatic carbocycles. The number of carbonyl (C=O) groups excluding carboxylic acids is 1. The third kappa shape index (κ3) is 3.91. The van der Waals surface area contributed by atoms with Crippen LogP contribution < -0.4 is 5.32 Å². The minimum Gasteiger partial charge on any atom is -0.481 e. The molecule has 1 aromatic heterocycles. The molecule has 1 saturated heterocycles. The summed E-state index contributed by atoms with van der Waals surface area (Å²) in [7, 11) is 0. The highest BCUT2D eigenvalue weighted by Gasteiger charge is 2.30. The minimum atomic E-state index is -0.832. The fourth-order valence-electron chi connectivity index (χ4n) is 2.69. The standard InChI is InChI=1S/C17H19N3O3S/c21-16(22)13-7-9-20(10-13)17(23)18-8-6-14-11-24-15(19-14)12-4-2-1-3-5-12/h1-5,11,13H,6-10H2,(H,18,23)(H,21,22). The Balaban J connectivity index is 1.46. The summed E-state index contributed by atoms with van der Waals surface area (Å²) in [6, 6.07) is 9.79. The topological polar surface area (TPSA) is 82.5 Å². The molecule has 3 rings (SSSR count). The van der Waals surface area contributed by atoms with Gasteiger partial charge in [0.05, 0.1) is 11.6 Å². The van der Waals surface area contributed by atoms with E-state index in [1.165, 1.54) is 0 Å². The maximum Gasteiger partial charge on any atom is 0.317 e. The van der Waals surface area contributed by atoms with Crippen LogP contribution in [-0.4, -0.2) is 46.6 Å². The quantitative estimate of drug-likeness (QED) is 0.872. The molecule has 0 saturated carbocycles. The van der Waals surface area contributed by atoms with Crippen LogP contribution in [-0.2, 0) is 11.2 Å². The van der Waals surface area contributed by atoms with Gasteiger partial charge in [-0.3, -0.25) is 4.79 Å². The number of nitrogens with zero attached hydrogens (tertiary/aromatic N) is 2. The Hall–Kier alpha value is -2.41. The molecule has 0 radical (unpaired) electrons.